The standard InChI is InChI=1S/C39H62N2O7SSi/c1-28(2)50(29(3)4,30(5)6)48-37-26-41(39(42)43)25-36(38(37)32-13-15-33(16-14-32)49-23-10-9-20-44-7)47-27-31-12-17-35-34(24-31)40(19-22-46-35)18-11-21-45-8/h12-17,24,28-30,36-38H,9-11,18-23,25-27H2,1-8H3,(H,42,43)/t36-,37+,38+/m0/s1. The van der Waals surface area contributed by atoms with Crippen molar-refractivity contribution in [1.29, 1.82) is 0 Å². The number of rotatable bonds is 19. The monoisotopic (exact) mass is 730 g/mol. The average molecular weight is 731 g/mol. The van der Waals surface area contributed by atoms with Gasteiger partial charge in [0.1, 0.15) is 12.4 Å². The maximum absolute atomic E-state index is 12.6. The van der Waals surface area contributed by atoms with Crippen LogP contribution in [0.5, 0.6) is 5.75 Å². The second-order valence-electron chi connectivity index (χ2n) is 14.6. The summed E-state index contributed by atoms with van der Waals surface area (Å²) in [6.07, 6.45) is 1.44. The van der Waals surface area contributed by atoms with Crippen LogP contribution in [0.2, 0.25) is 16.6 Å². The average Bonchev–Trinajstić information content (AvgIpc) is 3.09. The third kappa shape index (κ3) is 10.2. The van der Waals surface area contributed by atoms with E-state index in [1.165, 1.54) is 9.80 Å². The zero-order valence-corrected chi connectivity index (χ0v) is 33.5. The molecule has 11 heteroatoms. The molecule has 4 rings (SSSR count). The van der Waals surface area contributed by atoms with Gasteiger partial charge in [-0.1, -0.05) is 59.7 Å². The predicted molar refractivity (Wildman–Crippen MR) is 206 cm³/mol. The van der Waals surface area contributed by atoms with Gasteiger partial charge in [0.15, 0.2) is 0 Å². The Labute approximate surface area is 306 Å². The molecule has 2 aliphatic heterocycles. The van der Waals surface area contributed by atoms with Crippen LogP contribution < -0.4 is 9.64 Å². The Balaban J connectivity index is 1.65. The fourth-order valence-corrected chi connectivity index (χ4v) is 14.5. The van der Waals surface area contributed by atoms with Crippen molar-refractivity contribution in [2.45, 2.75) is 107 Å². The molecule has 2 aromatic carbocycles. The van der Waals surface area contributed by atoms with E-state index in [2.05, 4.69) is 82.8 Å². The first-order chi connectivity index (χ1) is 24.0. The van der Waals surface area contributed by atoms with Gasteiger partial charge < -0.3 is 38.3 Å². The van der Waals surface area contributed by atoms with Crippen molar-refractivity contribution in [1.82, 2.24) is 4.90 Å². The molecule has 1 amide bonds. The zero-order valence-electron chi connectivity index (χ0n) is 31.7. The lowest BCUT2D eigenvalue weighted by Gasteiger charge is -2.50. The number of amides is 1. The third-order valence-corrected chi connectivity index (χ3v) is 17.7. The van der Waals surface area contributed by atoms with E-state index in [9.17, 15) is 9.90 Å². The number of benzene rings is 2. The quantitative estimate of drug-likeness (QED) is 0.0867. The molecule has 1 fully saturated rings. The van der Waals surface area contributed by atoms with Gasteiger partial charge in [0.2, 0.25) is 8.32 Å². The highest BCUT2D eigenvalue weighted by molar-refractivity contribution is 7.99. The van der Waals surface area contributed by atoms with E-state index in [1.54, 1.807) is 14.2 Å². The van der Waals surface area contributed by atoms with Crippen LogP contribution in [0.25, 0.3) is 0 Å². The number of ether oxygens (including phenoxy) is 4. The topological polar surface area (TPSA) is 89.9 Å². The molecule has 9 nitrogen and oxygen atoms in total. The molecule has 3 atom stereocenters. The minimum absolute atomic E-state index is 0.124. The number of unbranched alkanes of at least 4 members (excludes halogenated alkanes) is 1. The Bertz CT molecular complexity index is 1310. The third-order valence-electron chi connectivity index (χ3n) is 10.4. The number of hydrogen-bond donors (Lipinski definition) is 1. The highest BCUT2D eigenvalue weighted by atomic mass is 32.2. The van der Waals surface area contributed by atoms with Crippen LogP contribution in [-0.2, 0) is 25.2 Å². The molecule has 0 spiro atoms. The van der Waals surface area contributed by atoms with Gasteiger partial charge in [0.25, 0.3) is 0 Å². The van der Waals surface area contributed by atoms with Crippen molar-refractivity contribution >= 4 is 31.9 Å². The van der Waals surface area contributed by atoms with E-state index < -0.39 is 14.4 Å². The summed E-state index contributed by atoms with van der Waals surface area (Å²) in [4.78, 5) is 17.7. The second kappa shape index (κ2) is 19.5. The number of thioether (sulfide) groups is 1. The molecule has 280 valence electrons. The van der Waals surface area contributed by atoms with Crippen molar-refractivity contribution < 1.29 is 33.3 Å². The van der Waals surface area contributed by atoms with E-state index in [0.29, 0.717) is 43.0 Å². The Morgan fingerprint density at radius 3 is 2.22 bits per heavy atom. The van der Waals surface area contributed by atoms with Crippen molar-refractivity contribution in [2.24, 2.45) is 0 Å². The summed E-state index contributed by atoms with van der Waals surface area (Å²) in [6.45, 7) is 18.5. The Hall–Kier alpha value is -2.28. The van der Waals surface area contributed by atoms with Gasteiger partial charge in [0, 0.05) is 51.3 Å². The first-order valence-electron chi connectivity index (χ1n) is 18.5. The lowest BCUT2D eigenvalue weighted by molar-refractivity contribution is -0.0630. The molecule has 1 N–H and O–H groups in total. The van der Waals surface area contributed by atoms with E-state index in [0.717, 1.165) is 67.3 Å². The van der Waals surface area contributed by atoms with E-state index in [1.807, 2.05) is 17.8 Å². The van der Waals surface area contributed by atoms with Crippen LogP contribution in [0, 0.1) is 0 Å². The van der Waals surface area contributed by atoms with Gasteiger partial charge in [-0.25, -0.2) is 4.79 Å². The number of likely N-dealkylation sites (tertiary alicyclic amines) is 1. The van der Waals surface area contributed by atoms with Crippen molar-refractivity contribution in [3.05, 3.63) is 53.6 Å². The minimum Gasteiger partial charge on any atom is -0.490 e. The molecule has 0 bridgehead atoms. The summed E-state index contributed by atoms with van der Waals surface area (Å²) in [6, 6.07) is 15.1. The number of piperidine rings is 1. The maximum atomic E-state index is 12.6. The summed E-state index contributed by atoms with van der Waals surface area (Å²) in [5.74, 6) is 1.80. The fraction of sp³-hybridized carbons (Fsp3) is 0.667. The fourth-order valence-electron chi connectivity index (χ4n) is 8.07. The summed E-state index contributed by atoms with van der Waals surface area (Å²) >= 11 is 1.86. The van der Waals surface area contributed by atoms with Crippen LogP contribution in [0.4, 0.5) is 10.5 Å². The molecule has 0 aliphatic carbocycles. The first-order valence-corrected chi connectivity index (χ1v) is 21.6. The summed E-state index contributed by atoms with van der Waals surface area (Å²) in [5, 5.41) is 10.4. The molecule has 0 unspecified atom stereocenters. The highest BCUT2D eigenvalue weighted by Gasteiger charge is 2.51. The lowest BCUT2D eigenvalue weighted by Crippen LogP contribution is -2.59. The molecule has 2 heterocycles. The van der Waals surface area contributed by atoms with E-state index in [4.69, 9.17) is 23.4 Å². The van der Waals surface area contributed by atoms with Gasteiger partial charge >= 0.3 is 6.09 Å². The van der Waals surface area contributed by atoms with Crippen molar-refractivity contribution in [2.75, 3.05) is 70.9 Å². The SMILES string of the molecule is COCCCCSc1ccc([C@@H]2[C@@H](OCc3ccc4c(c3)N(CCCOC)CCO4)CN(C(=O)O)C[C@H]2O[Si](C(C)C)(C(C)C)C(C)C)cc1. The zero-order chi connectivity index (χ0) is 36.3. The smallest absolute Gasteiger partial charge is 0.407 e. The number of carbonyl (C=O) groups is 1. The van der Waals surface area contributed by atoms with Crippen LogP contribution in [0.15, 0.2) is 47.4 Å². The number of methoxy groups -OCH3 is 2. The molecule has 0 saturated carbocycles. The number of fused-ring (bicyclic) bond motifs is 1. The lowest BCUT2D eigenvalue weighted by atomic mass is 9.84. The molecule has 1 saturated heterocycles. The highest BCUT2D eigenvalue weighted by Crippen LogP contribution is 2.46. The Morgan fingerprint density at radius 1 is 0.920 bits per heavy atom. The van der Waals surface area contributed by atoms with Crippen molar-refractivity contribution in [3.8, 4) is 5.75 Å². The maximum Gasteiger partial charge on any atom is 0.407 e. The number of hydrogen-bond acceptors (Lipinski definition) is 8. The van der Waals surface area contributed by atoms with Crippen molar-refractivity contribution in [3.63, 3.8) is 0 Å². The summed E-state index contributed by atoms with van der Waals surface area (Å²) < 4.78 is 30.8. The molecular formula is C39H62N2O7SSi. The van der Waals surface area contributed by atoms with E-state index >= 15 is 0 Å². The van der Waals surface area contributed by atoms with Crippen LogP contribution >= 0.6 is 11.8 Å². The number of nitrogens with zero attached hydrogens (tertiary/aromatic N) is 2. The normalized spacial score (nSPS) is 19.7. The van der Waals surface area contributed by atoms with Crippen LogP contribution in [-0.4, -0.2) is 103 Å². The first kappa shape index (κ1) is 40.5. The second-order valence-corrected chi connectivity index (χ2v) is 21.2. The Morgan fingerprint density at radius 2 is 1.58 bits per heavy atom. The molecule has 50 heavy (non-hydrogen) atoms. The minimum atomic E-state index is -2.37. The van der Waals surface area contributed by atoms with Crippen LogP contribution in [0.3, 0.4) is 0 Å². The Kier molecular flexibility index (Phi) is 15.8. The molecule has 2 aliphatic rings. The van der Waals surface area contributed by atoms with Gasteiger partial charge in [-0.05, 0) is 77.0 Å². The van der Waals surface area contributed by atoms with Gasteiger partial charge in [-0.15, -0.1) is 11.8 Å². The summed E-state index contributed by atoms with van der Waals surface area (Å²) in [5.41, 5.74) is 4.33. The van der Waals surface area contributed by atoms with Crippen LogP contribution in [0.1, 0.15) is 77.8 Å². The molecule has 0 radical (unpaired) electrons. The van der Waals surface area contributed by atoms with Gasteiger partial charge in [-0.3, -0.25) is 0 Å². The number of anilines is 1. The summed E-state index contributed by atoms with van der Waals surface area (Å²) in [7, 11) is 1.12. The van der Waals surface area contributed by atoms with Gasteiger partial charge in [-0.2, -0.15) is 0 Å². The predicted octanol–water partition coefficient (Wildman–Crippen LogP) is 8.66. The molecular weight excluding hydrogens is 669 g/mol. The molecule has 2 aromatic rings. The van der Waals surface area contributed by atoms with E-state index in [-0.39, 0.29) is 24.7 Å². The molecule has 0 aromatic heterocycles. The number of carboxylic acid groups (broad SMARTS) is 1. The largest absolute Gasteiger partial charge is 0.490 e. The van der Waals surface area contributed by atoms with Gasteiger partial charge in [0.05, 0.1) is 37.6 Å².